The maximum atomic E-state index is 11.4. The normalized spacial score (nSPS) is 10.1. The van der Waals surface area contributed by atoms with E-state index in [1.54, 1.807) is 25.6 Å². The maximum Gasteiger partial charge on any atom is 0.341 e. The number of hydrogen-bond acceptors (Lipinski definition) is 5. The van der Waals surface area contributed by atoms with E-state index in [9.17, 15) is 4.79 Å². The van der Waals surface area contributed by atoms with Crippen LogP contribution in [0.2, 0.25) is 0 Å². The summed E-state index contributed by atoms with van der Waals surface area (Å²) in [6.07, 6.45) is 1.53. The molecule has 1 aromatic rings. The number of carbonyl (C=O) groups is 1. The van der Waals surface area contributed by atoms with Gasteiger partial charge in [0.25, 0.3) is 0 Å². The van der Waals surface area contributed by atoms with Gasteiger partial charge in [0.2, 0.25) is 0 Å². The summed E-state index contributed by atoms with van der Waals surface area (Å²) in [6.45, 7) is 5.95. The summed E-state index contributed by atoms with van der Waals surface area (Å²) in [5, 5.41) is 0.697. The third-order valence-corrected chi connectivity index (χ3v) is 2.47. The molecule has 5 heteroatoms. The van der Waals surface area contributed by atoms with Gasteiger partial charge >= 0.3 is 5.97 Å². The van der Waals surface area contributed by atoms with Gasteiger partial charge in [-0.25, -0.2) is 14.8 Å². The van der Waals surface area contributed by atoms with E-state index in [1.807, 2.05) is 6.92 Å². The molecule has 0 saturated carbocycles. The van der Waals surface area contributed by atoms with E-state index in [0.29, 0.717) is 23.0 Å². The zero-order valence-electron chi connectivity index (χ0n) is 9.11. The van der Waals surface area contributed by atoms with Gasteiger partial charge in [0, 0.05) is 6.20 Å². The molecule has 0 spiro atoms. The monoisotopic (exact) mass is 226 g/mol. The number of aryl methyl sites for hydroxylation is 1. The topological polar surface area (TPSA) is 52.1 Å². The Morgan fingerprint density at radius 3 is 2.80 bits per heavy atom. The van der Waals surface area contributed by atoms with Gasteiger partial charge in [-0.15, -0.1) is 0 Å². The van der Waals surface area contributed by atoms with Crippen molar-refractivity contribution in [1.82, 2.24) is 9.97 Å². The zero-order chi connectivity index (χ0) is 11.3. The number of carbonyl (C=O) groups excluding carboxylic acids is 1. The van der Waals surface area contributed by atoms with Crippen LogP contribution in [-0.4, -0.2) is 28.3 Å². The highest BCUT2D eigenvalue weighted by Crippen LogP contribution is 2.14. The first-order valence-corrected chi connectivity index (χ1v) is 5.81. The summed E-state index contributed by atoms with van der Waals surface area (Å²) in [4.78, 5) is 19.7. The van der Waals surface area contributed by atoms with Crippen LogP contribution in [0.25, 0.3) is 0 Å². The number of rotatable bonds is 4. The summed E-state index contributed by atoms with van der Waals surface area (Å²) in [6, 6.07) is 0. The van der Waals surface area contributed by atoms with Crippen molar-refractivity contribution >= 4 is 17.7 Å². The van der Waals surface area contributed by atoms with Crippen molar-refractivity contribution < 1.29 is 9.53 Å². The third-order valence-electron chi connectivity index (χ3n) is 1.73. The smallest absolute Gasteiger partial charge is 0.341 e. The van der Waals surface area contributed by atoms with Gasteiger partial charge < -0.3 is 4.74 Å². The van der Waals surface area contributed by atoms with Crippen LogP contribution in [0.5, 0.6) is 0 Å². The molecular weight excluding hydrogens is 212 g/mol. The van der Waals surface area contributed by atoms with Crippen LogP contribution in [0.15, 0.2) is 11.4 Å². The lowest BCUT2D eigenvalue weighted by atomic mass is 10.2. The predicted octanol–water partition coefficient (Wildman–Crippen LogP) is 2.07. The first-order valence-electron chi connectivity index (χ1n) is 4.82. The van der Waals surface area contributed by atoms with Crippen LogP contribution in [0.1, 0.15) is 29.9 Å². The third kappa shape index (κ3) is 3.20. The van der Waals surface area contributed by atoms with E-state index >= 15 is 0 Å². The molecule has 1 aromatic heterocycles. The number of nitrogens with zero attached hydrogens (tertiary/aromatic N) is 2. The Kier molecular flexibility index (Phi) is 4.55. The van der Waals surface area contributed by atoms with Crippen molar-refractivity contribution in [2.24, 2.45) is 0 Å². The summed E-state index contributed by atoms with van der Waals surface area (Å²) >= 11 is 1.55. The number of esters is 1. The largest absolute Gasteiger partial charge is 0.462 e. The molecule has 0 fully saturated rings. The van der Waals surface area contributed by atoms with Crippen LogP contribution < -0.4 is 0 Å². The fourth-order valence-electron chi connectivity index (χ4n) is 1.05. The van der Waals surface area contributed by atoms with Crippen LogP contribution in [-0.2, 0) is 4.74 Å². The Bertz CT molecular complexity index is 355. The fraction of sp³-hybridized carbons (Fsp3) is 0.500. The summed E-state index contributed by atoms with van der Waals surface area (Å²) in [5.74, 6) is 0.557. The van der Waals surface area contributed by atoms with Gasteiger partial charge in [-0.2, -0.15) is 0 Å². The molecule has 0 bridgehead atoms. The molecule has 4 nitrogen and oxygen atoms in total. The Hall–Kier alpha value is -1.10. The highest BCUT2D eigenvalue weighted by molar-refractivity contribution is 7.99. The molecule has 1 rings (SSSR count). The van der Waals surface area contributed by atoms with E-state index in [2.05, 4.69) is 9.97 Å². The van der Waals surface area contributed by atoms with Crippen LogP contribution >= 0.6 is 11.8 Å². The molecule has 15 heavy (non-hydrogen) atoms. The minimum absolute atomic E-state index is 0.358. The van der Waals surface area contributed by atoms with Crippen LogP contribution in [0.3, 0.4) is 0 Å². The Balaban J connectivity index is 2.87. The van der Waals surface area contributed by atoms with Gasteiger partial charge in [0.1, 0.15) is 0 Å². The highest BCUT2D eigenvalue weighted by Gasteiger charge is 2.12. The Labute approximate surface area is 93.5 Å². The second-order valence-electron chi connectivity index (χ2n) is 2.81. The van der Waals surface area contributed by atoms with Gasteiger partial charge in [0.05, 0.1) is 17.9 Å². The predicted molar refractivity (Wildman–Crippen MR) is 59.1 cm³/mol. The van der Waals surface area contributed by atoms with Crippen molar-refractivity contribution in [1.29, 1.82) is 0 Å². The molecule has 0 aliphatic heterocycles. The standard InChI is InChI=1S/C10H14N2O2S/c1-4-14-9(13)8-6-11-10(15-5-2)12-7(8)3/h6H,4-5H2,1-3H3. The van der Waals surface area contributed by atoms with Crippen LogP contribution in [0, 0.1) is 6.92 Å². The fourth-order valence-corrected chi connectivity index (χ4v) is 1.64. The molecule has 0 aliphatic rings. The summed E-state index contributed by atoms with van der Waals surface area (Å²) in [5.41, 5.74) is 1.11. The second kappa shape index (κ2) is 5.70. The molecule has 0 amide bonds. The minimum atomic E-state index is -0.358. The average molecular weight is 226 g/mol. The molecule has 0 saturated heterocycles. The lowest BCUT2D eigenvalue weighted by molar-refractivity contribution is 0.0524. The molecule has 0 N–H and O–H groups in total. The van der Waals surface area contributed by atoms with Crippen molar-refractivity contribution in [2.75, 3.05) is 12.4 Å². The van der Waals surface area contributed by atoms with E-state index in [4.69, 9.17) is 4.74 Å². The highest BCUT2D eigenvalue weighted by atomic mass is 32.2. The van der Waals surface area contributed by atoms with E-state index in [1.165, 1.54) is 6.20 Å². The number of ether oxygens (including phenoxy) is 1. The van der Waals surface area contributed by atoms with Crippen LogP contribution in [0.4, 0.5) is 0 Å². The molecule has 0 unspecified atom stereocenters. The number of hydrogen-bond donors (Lipinski definition) is 0. The first-order chi connectivity index (χ1) is 7.19. The minimum Gasteiger partial charge on any atom is -0.462 e. The molecule has 0 aliphatic carbocycles. The van der Waals surface area contributed by atoms with Crippen molar-refractivity contribution in [3.8, 4) is 0 Å². The van der Waals surface area contributed by atoms with Gasteiger partial charge in [-0.05, 0) is 19.6 Å². The number of aromatic nitrogens is 2. The quantitative estimate of drug-likeness (QED) is 0.447. The maximum absolute atomic E-state index is 11.4. The molecule has 0 aromatic carbocycles. The van der Waals surface area contributed by atoms with Crippen molar-refractivity contribution in [3.63, 3.8) is 0 Å². The Morgan fingerprint density at radius 2 is 2.27 bits per heavy atom. The zero-order valence-corrected chi connectivity index (χ0v) is 9.93. The summed E-state index contributed by atoms with van der Waals surface area (Å²) < 4.78 is 4.88. The number of thioether (sulfide) groups is 1. The summed E-state index contributed by atoms with van der Waals surface area (Å²) in [7, 11) is 0. The first kappa shape index (κ1) is 12.0. The van der Waals surface area contributed by atoms with Gasteiger partial charge in [0.15, 0.2) is 5.16 Å². The van der Waals surface area contributed by atoms with E-state index in [0.717, 1.165) is 5.75 Å². The lowest BCUT2D eigenvalue weighted by Crippen LogP contribution is -2.09. The van der Waals surface area contributed by atoms with Crippen molar-refractivity contribution in [2.45, 2.75) is 25.9 Å². The SMILES string of the molecule is CCOC(=O)c1cnc(SCC)nc1C. The second-order valence-corrected chi connectivity index (χ2v) is 4.04. The van der Waals surface area contributed by atoms with E-state index < -0.39 is 0 Å². The molecule has 0 atom stereocenters. The molecule has 0 radical (unpaired) electrons. The van der Waals surface area contributed by atoms with Gasteiger partial charge in [-0.3, -0.25) is 0 Å². The molecule has 82 valence electrons. The molecular formula is C10H14N2O2S. The lowest BCUT2D eigenvalue weighted by Gasteiger charge is -2.05. The molecule has 1 heterocycles. The average Bonchev–Trinajstić information content (AvgIpc) is 2.18. The van der Waals surface area contributed by atoms with Crippen molar-refractivity contribution in [3.05, 3.63) is 17.5 Å². The van der Waals surface area contributed by atoms with Gasteiger partial charge in [-0.1, -0.05) is 18.7 Å². The Morgan fingerprint density at radius 1 is 1.53 bits per heavy atom. The van der Waals surface area contributed by atoms with E-state index in [-0.39, 0.29) is 5.97 Å².